The number of rotatable bonds is 3. The molecule has 5 heteroatoms. The Bertz CT molecular complexity index is 584. The first kappa shape index (κ1) is 18.5. The molecule has 0 aromatic carbocycles. The van der Waals surface area contributed by atoms with E-state index >= 15 is 0 Å². The Morgan fingerprint density at radius 2 is 1.96 bits per heavy atom. The quantitative estimate of drug-likeness (QED) is 0.614. The Balaban J connectivity index is 1.52. The van der Waals surface area contributed by atoms with E-state index in [9.17, 15) is 9.90 Å². The summed E-state index contributed by atoms with van der Waals surface area (Å²) in [7, 11) is 0. The molecule has 4 rings (SSSR count). The number of fused-ring (bicyclic) bond motifs is 2. The van der Waals surface area contributed by atoms with Crippen molar-refractivity contribution in [3.05, 3.63) is 11.6 Å². The minimum Gasteiger partial charge on any atom is -0.461 e. The highest BCUT2D eigenvalue weighted by atomic mass is 16.6. The predicted molar refractivity (Wildman–Crippen MR) is 101 cm³/mol. The highest BCUT2D eigenvalue weighted by molar-refractivity contribution is 5.76. The summed E-state index contributed by atoms with van der Waals surface area (Å²) in [5.41, 5.74) is 1.11. The number of hydrogen-bond acceptors (Lipinski definition) is 5. The zero-order chi connectivity index (χ0) is 18.5. The first-order valence-electron chi connectivity index (χ1n) is 10.5. The maximum atomic E-state index is 12.7. The molecular formula is C21H34N2O3. The third-order valence-electron chi connectivity index (χ3n) is 7.94. The van der Waals surface area contributed by atoms with E-state index in [1.165, 1.54) is 5.57 Å². The van der Waals surface area contributed by atoms with E-state index in [0.717, 1.165) is 58.5 Å². The van der Waals surface area contributed by atoms with E-state index in [-0.39, 0.29) is 29.3 Å². The summed E-state index contributed by atoms with van der Waals surface area (Å²) in [6, 6.07) is 0. The van der Waals surface area contributed by atoms with Crippen molar-refractivity contribution in [2.45, 2.75) is 52.2 Å². The van der Waals surface area contributed by atoms with E-state index in [4.69, 9.17) is 4.74 Å². The molecule has 26 heavy (non-hydrogen) atoms. The van der Waals surface area contributed by atoms with Gasteiger partial charge in [-0.25, -0.2) is 0 Å². The van der Waals surface area contributed by atoms with E-state index in [2.05, 4.69) is 36.6 Å². The summed E-state index contributed by atoms with van der Waals surface area (Å²) in [6.45, 7) is 12.6. The van der Waals surface area contributed by atoms with Crippen molar-refractivity contribution >= 4 is 5.97 Å². The van der Waals surface area contributed by atoms with Gasteiger partial charge in [0.05, 0.1) is 12.0 Å². The first-order valence-corrected chi connectivity index (χ1v) is 10.5. The Morgan fingerprint density at radius 1 is 1.27 bits per heavy atom. The molecule has 0 radical (unpaired) electrons. The van der Waals surface area contributed by atoms with Gasteiger partial charge in [0.2, 0.25) is 0 Å². The topological polar surface area (TPSA) is 53.0 Å². The van der Waals surface area contributed by atoms with Crippen LogP contribution in [0.4, 0.5) is 0 Å². The number of likely N-dealkylation sites (N-methyl/N-ethyl adjacent to an activating group) is 1. The number of hydrogen-bond donors (Lipinski definition) is 1. The van der Waals surface area contributed by atoms with Crippen LogP contribution in [0.15, 0.2) is 11.6 Å². The zero-order valence-corrected chi connectivity index (χ0v) is 16.5. The lowest BCUT2D eigenvalue weighted by molar-refractivity contribution is -0.145. The molecule has 3 fully saturated rings. The van der Waals surface area contributed by atoms with Crippen LogP contribution in [0.3, 0.4) is 0 Å². The molecule has 0 bridgehead atoms. The number of carbonyl (C=O) groups excluding carboxylic acids is 1. The summed E-state index contributed by atoms with van der Waals surface area (Å²) < 4.78 is 5.78. The Kier molecular flexibility index (Phi) is 4.91. The minimum atomic E-state index is -0.490. The van der Waals surface area contributed by atoms with E-state index in [1.54, 1.807) is 0 Å². The molecular weight excluding hydrogens is 328 g/mol. The van der Waals surface area contributed by atoms with Crippen molar-refractivity contribution in [3.63, 3.8) is 0 Å². The van der Waals surface area contributed by atoms with Crippen molar-refractivity contribution < 1.29 is 14.6 Å². The van der Waals surface area contributed by atoms with Crippen LogP contribution in [-0.2, 0) is 9.53 Å². The number of ether oxygens (including phenoxy) is 1. The highest BCUT2D eigenvalue weighted by Gasteiger charge is 2.59. The van der Waals surface area contributed by atoms with Crippen molar-refractivity contribution in [1.29, 1.82) is 0 Å². The van der Waals surface area contributed by atoms with Crippen LogP contribution in [0.25, 0.3) is 0 Å². The maximum absolute atomic E-state index is 12.7. The molecule has 2 heterocycles. The lowest BCUT2D eigenvalue weighted by atomic mass is 9.55. The molecule has 0 spiro atoms. The summed E-state index contributed by atoms with van der Waals surface area (Å²) >= 11 is 0. The Morgan fingerprint density at radius 3 is 2.65 bits per heavy atom. The van der Waals surface area contributed by atoms with Crippen molar-refractivity contribution in [2.75, 3.05) is 39.3 Å². The van der Waals surface area contributed by atoms with Crippen molar-refractivity contribution in [1.82, 2.24) is 9.80 Å². The number of piperazine rings is 1. The minimum absolute atomic E-state index is 0.0607. The number of nitrogens with zero attached hydrogens (tertiary/aromatic N) is 2. The third kappa shape index (κ3) is 2.83. The summed E-state index contributed by atoms with van der Waals surface area (Å²) in [4.78, 5) is 17.5. The Hall–Kier alpha value is -0.910. The van der Waals surface area contributed by atoms with Crippen molar-refractivity contribution in [3.8, 4) is 0 Å². The molecule has 5 nitrogen and oxygen atoms in total. The molecule has 2 aliphatic heterocycles. The second kappa shape index (κ2) is 6.92. The standard InChI is InChI=1S/C21H34N2O3/c1-4-22-8-10-23(11-9-22)13-16-18-17(26-20(16)25)12-15-7-5-6-14(2)21(15,3)19(18)24/h7,14,16-19,24H,4-6,8-13H2,1-3H3/t14-,16-,17+,18+,19+,21+/m0/s1. The maximum Gasteiger partial charge on any atom is 0.311 e. The van der Waals surface area contributed by atoms with Crippen LogP contribution in [0.2, 0.25) is 0 Å². The highest BCUT2D eigenvalue weighted by Crippen LogP contribution is 2.56. The van der Waals surface area contributed by atoms with Crippen LogP contribution in [0.5, 0.6) is 0 Å². The average Bonchev–Trinajstić information content (AvgIpc) is 2.94. The van der Waals surface area contributed by atoms with Gasteiger partial charge in [-0.05, 0) is 25.3 Å². The molecule has 0 aromatic rings. The van der Waals surface area contributed by atoms with Crippen LogP contribution >= 0.6 is 0 Å². The summed E-state index contributed by atoms with van der Waals surface area (Å²) in [6.07, 6.45) is 4.68. The second-order valence-electron chi connectivity index (χ2n) is 9.03. The van der Waals surface area contributed by atoms with Gasteiger partial charge in [0.1, 0.15) is 6.10 Å². The van der Waals surface area contributed by atoms with Gasteiger partial charge in [-0.2, -0.15) is 0 Å². The molecule has 2 aliphatic carbocycles. The smallest absolute Gasteiger partial charge is 0.311 e. The molecule has 0 aromatic heterocycles. The average molecular weight is 363 g/mol. The molecule has 4 aliphatic rings. The fourth-order valence-electron chi connectivity index (χ4n) is 5.84. The van der Waals surface area contributed by atoms with E-state index in [0.29, 0.717) is 5.92 Å². The first-order chi connectivity index (χ1) is 12.4. The molecule has 146 valence electrons. The van der Waals surface area contributed by atoms with E-state index < -0.39 is 6.10 Å². The number of esters is 1. The fraction of sp³-hybridized carbons (Fsp3) is 0.857. The molecule has 0 amide bonds. The molecule has 1 saturated carbocycles. The van der Waals surface area contributed by atoms with Crippen LogP contribution in [0.1, 0.15) is 40.0 Å². The van der Waals surface area contributed by atoms with Crippen LogP contribution in [-0.4, -0.2) is 72.4 Å². The van der Waals surface area contributed by atoms with Gasteiger partial charge in [0.15, 0.2) is 0 Å². The number of aliphatic hydroxyl groups is 1. The zero-order valence-electron chi connectivity index (χ0n) is 16.5. The van der Waals surface area contributed by atoms with Crippen LogP contribution < -0.4 is 0 Å². The lowest BCUT2D eigenvalue weighted by Gasteiger charge is -2.52. The van der Waals surface area contributed by atoms with Gasteiger partial charge in [-0.3, -0.25) is 9.69 Å². The summed E-state index contributed by atoms with van der Waals surface area (Å²) in [5.74, 6) is 0.112. The molecule has 1 N–H and O–H groups in total. The van der Waals surface area contributed by atoms with Gasteiger partial charge < -0.3 is 14.7 Å². The van der Waals surface area contributed by atoms with Gasteiger partial charge in [-0.15, -0.1) is 0 Å². The van der Waals surface area contributed by atoms with Gasteiger partial charge in [-0.1, -0.05) is 32.4 Å². The summed E-state index contributed by atoms with van der Waals surface area (Å²) in [5, 5.41) is 11.4. The molecule has 0 unspecified atom stereocenters. The Labute approximate surface area is 157 Å². The number of carbonyl (C=O) groups is 1. The van der Waals surface area contributed by atoms with Crippen molar-refractivity contribution in [2.24, 2.45) is 23.2 Å². The number of allylic oxidation sites excluding steroid dienone is 1. The molecule has 6 atom stereocenters. The van der Waals surface area contributed by atoms with E-state index in [1.807, 2.05) is 0 Å². The fourth-order valence-corrected chi connectivity index (χ4v) is 5.84. The molecule has 2 saturated heterocycles. The largest absolute Gasteiger partial charge is 0.461 e. The third-order valence-corrected chi connectivity index (χ3v) is 7.94. The van der Waals surface area contributed by atoms with Crippen LogP contribution in [0, 0.1) is 23.2 Å². The normalized spacial score (nSPS) is 44.2. The SMILES string of the molecule is CCN1CCN(C[C@@H]2C(=O)O[C@@H]3CC4=CCC[C@H](C)[C@@]4(C)[C@H](O)[C@H]23)CC1. The monoisotopic (exact) mass is 362 g/mol. The van der Waals surface area contributed by atoms with Gasteiger partial charge in [0.25, 0.3) is 0 Å². The predicted octanol–water partition coefficient (Wildman–Crippen LogP) is 1.91. The van der Waals surface area contributed by atoms with Gasteiger partial charge in [0, 0.05) is 50.5 Å². The van der Waals surface area contributed by atoms with Gasteiger partial charge >= 0.3 is 5.97 Å². The number of aliphatic hydroxyl groups excluding tert-OH is 1. The second-order valence-corrected chi connectivity index (χ2v) is 9.03. The lowest BCUT2D eigenvalue weighted by Crippen LogP contribution is -2.55.